The molecule has 1 atom stereocenters. The third-order valence-electron chi connectivity index (χ3n) is 7.13. The Bertz CT molecular complexity index is 1030. The van der Waals surface area contributed by atoms with Crippen molar-refractivity contribution in [1.29, 1.82) is 0 Å². The maximum Gasteiger partial charge on any atom is 0.407 e. The normalized spacial score (nSPS) is 18.8. The highest BCUT2D eigenvalue weighted by Gasteiger charge is 2.41. The second-order valence-electron chi connectivity index (χ2n) is 9.22. The molecule has 7 nitrogen and oxygen atoms in total. The molecule has 0 radical (unpaired) electrons. The predicted molar refractivity (Wildman–Crippen MR) is 122 cm³/mol. The van der Waals surface area contributed by atoms with Crippen molar-refractivity contribution in [3.05, 3.63) is 59.7 Å². The highest BCUT2D eigenvalue weighted by molar-refractivity contribution is 5.87. The van der Waals surface area contributed by atoms with Crippen LogP contribution in [0.2, 0.25) is 0 Å². The fourth-order valence-electron chi connectivity index (χ4n) is 5.12. The highest BCUT2D eigenvalue weighted by Crippen LogP contribution is 2.44. The molecule has 172 valence electrons. The zero-order valence-corrected chi connectivity index (χ0v) is 18.4. The quantitative estimate of drug-likeness (QED) is 0.704. The number of nitrogens with one attached hydrogen (secondary N) is 1. The summed E-state index contributed by atoms with van der Waals surface area (Å²) in [5.41, 5.74) is 4.61. The van der Waals surface area contributed by atoms with Crippen molar-refractivity contribution in [1.82, 2.24) is 10.2 Å². The van der Waals surface area contributed by atoms with Crippen molar-refractivity contribution in [2.75, 3.05) is 19.7 Å². The molecule has 1 saturated heterocycles. The molecule has 3 aliphatic rings. The Balaban J connectivity index is 1.21. The standard InChI is InChI=1S/C26H28N2O5/c29-24(28-13-11-17(12-14-28)25(30)31)23(16-9-10-16)27-26(32)33-15-22-20-7-3-1-5-18(20)19-6-2-4-8-21(19)22/h1-8,16-17,22-23H,9-15H2,(H,27,32)(H,30,31). The Hall–Kier alpha value is -3.35. The van der Waals surface area contributed by atoms with Crippen molar-refractivity contribution >= 4 is 18.0 Å². The van der Waals surface area contributed by atoms with E-state index in [1.807, 2.05) is 24.3 Å². The lowest BCUT2D eigenvalue weighted by Crippen LogP contribution is -2.52. The first kappa shape index (κ1) is 21.5. The molecule has 1 saturated carbocycles. The first-order valence-corrected chi connectivity index (χ1v) is 11.7. The van der Waals surface area contributed by atoms with E-state index in [-0.39, 0.29) is 24.3 Å². The fourth-order valence-corrected chi connectivity index (χ4v) is 5.12. The molecule has 2 aliphatic carbocycles. The summed E-state index contributed by atoms with van der Waals surface area (Å²) >= 11 is 0. The van der Waals surface area contributed by atoms with Gasteiger partial charge in [-0.15, -0.1) is 0 Å². The number of carboxylic acids is 1. The van der Waals surface area contributed by atoms with Crippen molar-refractivity contribution in [2.45, 2.75) is 37.6 Å². The second-order valence-corrected chi connectivity index (χ2v) is 9.22. The molecular formula is C26H28N2O5. The van der Waals surface area contributed by atoms with Gasteiger partial charge in [-0.1, -0.05) is 48.5 Å². The van der Waals surface area contributed by atoms with Crippen molar-refractivity contribution in [3.8, 4) is 11.1 Å². The van der Waals surface area contributed by atoms with E-state index in [1.54, 1.807) is 4.90 Å². The summed E-state index contributed by atoms with van der Waals surface area (Å²) in [6.07, 6.45) is 2.10. The molecule has 0 bridgehead atoms. The molecule has 0 aromatic heterocycles. The minimum Gasteiger partial charge on any atom is -0.481 e. The molecule has 2 aromatic rings. The molecule has 2 aromatic carbocycles. The number of carbonyl (C=O) groups excluding carboxylic acids is 2. The van der Waals surface area contributed by atoms with Crippen LogP contribution in [0.1, 0.15) is 42.7 Å². The third kappa shape index (κ3) is 4.32. The third-order valence-corrected chi connectivity index (χ3v) is 7.13. The topological polar surface area (TPSA) is 95.9 Å². The number of fused-ring (bicyclic) bond motifs is 3. The van der Waals surface area contributed by atoms with Gasteiger partial charge in [-0.3, -0.25) is 9.59 Å². The van der Waals surface area contributed by atoms with E-state index in [4.69, 9.17) is 4.74 Å². The summed E-state index contributed by atoms with van der Waals surface area (Å²) in [5, 5.41) is 12.0. The predicted octanol–water partition coefficient (Wildman–Crippen LogP) is 3.63. The Morgan fingerprint density at radius 3 is 2.06 bits per heavy atom. The highest BCUT2D eigenvalue weighted by atomic mass is 16.5. The summed E-state index contributed by atoms with van der Waals surface area (Å²) in [7, 11) is 0. The van der Waals surface area contributed by atoms with Gasteiger partial charge in [0.1, 0.15) is 12.6 Å². The SMILES string of the molecule is O=C(NC(C(=O)N1CCC(C(=O)O)CC1)C1CC1)OCC1c2ccccc2-c2ccccc21. The number of hydrogen-bond acceptors (Lipinski definition) is 4. The molecule has 2 fully saturated rings. The van der Waals surface area contributed by atoms with Gasteiger partial charge < -0.3 is 20.1 Å². The Morgan fingerprint density at radius 2 is 1.52 bits per heavy atom. The Morgan fingerprint density at radius 1 is 0.939 bits per heavy atom. The van der Waals surface area contributed by atoms with Gasteiger partial charge in [-0.05, 0) is 53.9 Å². The lowest BCUT2D eigenvalue weighted by Gasteiger charge is -2.33. The molecule has 2 amide bonds. The number of amides is 2. The average Bonchev–Trinajstić information content (AvgIpc) is 3.63. The largest absolute Gasteiger partial charge is 0.481 e. The van der Waals surface area contributed by atoms with Gasteiger partial charge in [0.05, 0.1) is 5.92 Å². The summed E-state index contributed by atoms with van der Waals surface area (Å²) in [5.74, 6) is -1.25. The van der Waals surface area contributed by atoms with Crippen LogP contribution in [0.15, 0.2) is 48.5 Å². The first-order chi connectivity index (χ1) is 16.0. The number of ether oxygens (including phenoxy) is 1. The zero-order valence-electron chi connectivity index (χ0n) is 18.4. The van der Waals surface area contributed by atoms with Gasteiger partial charge in [0.2, 0.25) is 5.91 Å². The van der Waals surface area contributed by atoms with Gasteiger partial charge in [-0.2, -0.15) is 0 Å². The summed E-state index contributed by atoms with van der Waals surface area (Å²) < 4.78 is 5.64. The second kappa shape index (κ2) is 8.89. The number of carboxylic acid groups (broad SMARTS) is 1. The van der Waals surface area contributed by atoms with E-state index >= 15 is 0 Å². The molecular weight excluding hydrogens is 420 g/mol. The average molecular weight is 449 g/mol. The Labute approximate surface area is 192 Å². The van der Waals surface area contributed by atoms with E-state index < -0.39 is 24.0 Å². The summed E-state index contributed by atoms with van der Waals surface area (Å²) in [6, 6.07) is 15.7. The number of aliphatic carboxylic acids is 1. The van der Waals surface area contributed by atoms with Crippen molar-refractivity contribution in [2.24, 2.45) is 11.8 Å². The van der Waals surface area contributed by atoms with Crippen LogP contribution in [0.4, 0.5) is 4.79 Å². The molecule has 5 rings (SSSR count). The van der Waals surface area contributed by atoms with Crippen LogP contribution in [0.25, 0.3) is 11.1 Å². The zero-order chi connectivity index (χ0) is 22.9. The number of rotatable bonds is 6. The maximum atomic E-state index is 13.1. The van der Waals surface area contributed by atoms with E-state index in [9.17, 15) is 19.5 Å². The van der Waals surface area contributed by atoms with Crippen LogP contribution in [0, 0.1) is 11.8 Å². The number of hydrogen-bond donors (Lipinski definition) is 2. The van der Waals surface area contributed by atoms with Crippen LogP contribution in [0.5, 0.6) is 0 Å². The molecule has 7 heteroatoms. The fraction of sp³-hybridized carbons (Fsp3) is 0.423. The number of nitrogens with zero attached hydrogens (tertiary/aromatic N) is 1. The molecule has 0 spiro atoms. The van der Waals surface area contributed by atoms with Crippen LogP contribution in [0.3, 0.4) is 0 Å². The molecule has 2 N–H and O–H groups in total. The minimum absolute atomic E-state index is 0.0340. The maximum absolute atomic E-state index is 13.1. The van der Waals surface area contributed by atoms with Gasteiger partial charge >= 0.3 is 12.1 Å². The lowest BCUT2D eigenvalue weighted by atomic mass is 9.96. The number of carbonyl (C=O) groups is 3. The molecule has 1 aliphatic heterocycles. The lowest BCUT2D eigenvalue weighted by molar-refractivity contribution is -0.146. The van der Waals surface area contributed by atoms with E-state index in [1.165, 1.54) is 0 Å². The molecule has 1 unspecified atom stereocenters. The van der Waals surface area contributed by atoms with E-state index in [0.717, 1.165) is 35.1 Å². The van der Waals surface area contributed by atoms with Crippen molar-refractivity contribution < 1.29 is 24.2 Å². The number of benzene rings is 2. The van der Waals surface area contributed by atoms with Crippen LogP contribution >= 0.6 is 0 Å². The van der Waals surface area contributed by atoms with Crippen LogP contribution < -0.4 is 5.32 Å². The minimum atomic E-state index is -0.808. The number of likely N-dealkylation sites (tertiary alicyclic amines) is 1. The van der Waals surface area contributed by atoms with Crippen LogP contribution in [-0.2, 0) is 14.3 Å². The van der Waals surface area contributed by atoms with Gasteiger partial charge in [0, 0.05) is 19.0 Å². The van der Waals surface area contributed by atoms with E-state index in [0.29, 0.717) is 25.9 Å². The summed E-state index contributed by atoms with van der Waals surface area (Å²) in [4.78, 5) is 38.7. The van der Waals surface area contributed by atoms with Gasteiger partial charge in [-0.25, -0.2) is 4.79 Å². The number of piperidine rings is 1. The number of alkyl carbamates (subject to hydrolysis) is 1. The summed E-state index contributed by atoms with van der Waals surface area (Å²) in [6.45, 7) is 1.02. The molecule has 1 heterocycles. The van der Waals surface area contributed by atoms with E-state index in [2.05, 4.69) is 29.6 Å². The van der Waals surface area contributed by atoms with Gasteiger partial charge in [0.25, 0.3) is 0 Å². The van der Waals surface area contributed by atoms with Gasteiger partial charge in [0.15, 0.2) is 0 Å². The Kier molecular flexibility index (Phi) is 5.79. The smallest absolute Gasteiger partial charge is 0.407 e. The first-order valence-electron chi connectivity index (χ1n) is 11.7. The van der Waals surface area contributed by atoms with Crippen molar-refractivity contribution in [3.63, 3.8) is 0 Å². The monoisotopic (exact) mass is 448 g/mol. The molecule has 33 heavy (non-hydrogen) atoms. The van der Waals surface area contributed by atoms with Crippen LogP contribution in [-0.4, -0.2) is 53.7 Å².